The summed E-state index contributed by atoms with van der Waals surface area (Å²) >= 11 is 1.73. The van der Waals surface area contributed by atoms with E-state index in [0.29, 0.717) is 0 Å². The third kappa shape index (κ3) is 4.88. The summed E-state index contributed by atoms with van der Waals surface area (Å²) in [7, 11) is 0. The van der Waals surface area contributed by atoms with Crippen molar-refractivity contribution < 1.29 is 0 Å². The highest BCUT2D eigenvalue weighted by Gasteiger charge is 1.98. The lowest BCUT2D eigenvalue weighted by Gasteiger charge is -2.04. The first kappa shape index (κ1) is 12.1. The van der Waals surface area contributed by atoms with Crippen molar-refractivity contribution in [3.8, 4) is 0 Å². The molecule has 82 valence electrons. The van der Waals surface area contributed by atoms with E-state index in [2.05, 4.69) is 36.2 Å². The molecule has 0 saturated carbocycles. The quantitative estimate of drug-likeness (QED) is 0.483. The van der Waals surface area contributed by atoms with Gasteiger partial charge in [0.1, 0.15) is 5.84 Å². The summed E-state index contributed by atoms with van der Waals surface area (Å²) in [4.78, 5) is 5.54. The van der Waals surface area contributed by atoms with E-state index in [1.807, 2.05) is 13.8 Å². The van der Waals surface area contributed by atoms with E-state index in [1.165, 1.54) is 10.5 Å². The zero-order chi connectivity index (χ0) is 11.3. The van der Waals surface area contributed by atoms with Gasteiger partial charge in [0.2, 0.25) is 0 Å². The SMILES string of the molecule is Cc1cccc(SCC(N)=NC(C)C)c1. The Morgan fingerprint density at radius 2 is 2.20 bits per heavy atom. The van der Waals surface area contributed by atoms with E-state index in [4.69, 9.17) is 5.73 Å². The Hall–Kier alpha value is -0.960. The van der Waals surface area contributed by atoms with E-state index in [-0.39, 0.29) is 6.04 Å². The van der Waals surface area contributed by atoms with Gasteiger partial charge in [-0.25, -0.2) is 0 Å². The van der Waals surface area contributed by atoms with Crippen molar-refractivity contribution in [3.05, 3.63) is 29.8 Å². The molecule has 0 heterocycles. The van der Waals surface area contributed by atoms with Crippen LogP contribution in [-0.4, -0.2) is 17.6 Å². The predicted molar refractivity (Wildman–Crippen MR) is 68.7 cm³/mol. The second kappa shape index (κ2) is 5.81. The lowest BCUT2D eigenvalue weighted by atomic mass is 10.2. The molecule has 0 spiro atoms. The van der Waals surface area contributed by atoms with Crippen LogP contribution in [0.25, 0.3) is 0 Å². The van der Waals surface area contributed by atoms with Crippen LogP contribution in [0.5, 0.6) is 0 Å². The average molecular weight is 222 g/mol. The molecule has 15 heavy (non-hydrogen) atoms. The number of hydrogen-bond donors (Lipinski definition) is 1. The van der Waals surface area contributed by atoms with Crippen LogP contribution in [0.2, 0.25) is 0 Å². The lowest BCUT2D eigenvalue weighted by molar-refractivity contribution is 0.833. The maximum absolute atomic E-state index is 5.79. The predicted octanol–water partition coefficient (Wildman–Crippen LogP) is 2.85. The van der Waals surface area contributed by atoms with Gasteiger partial charge in [0, 0.05) is 10.9 Å². The van der Waals surface area contributed by atoms with Crippen molar-refractivity contribution in [2.75, 3.05) is 5.75 Å². The van der Waals surface area contributed by atoms with Crippen LogP contribution < -0.4 is 5.73 Å². The van der Waals surface area contributed by atoms with Gasteiger partial charge in [-0.15, -0.1) is 11.8 Å². The first-order valence-corrected chi connectivity index (χ1v) is 6.08. The van der Waals surface area contributed by atoms with Crippen LogP contribution in [-0.2, 0) is 0 Å². The summed E-state index contributed by atoms with van der Waals surface area (Å²) in [5.41, 5.74) is 7.07. The van der Waals surface area contributed by atoms with Gasteiger partial charge in [-0.1, -0.05) is 17.7 Å². The Bertz CT molecular complexity index is 345. The Labute approximate surface area is 96.0 Å². The molecule has 0 aliphatic rings. The van der Waals surface area contributed by atoms with Gasteiger partial charge in [0.05, 0.1) is 5.75 Å². The van der Waals surface area contributed by atoms with Crippen molar-refractivity contribution in [2.24, 2.45) is 10.7 Å². The number of rotatable bonds is 4. The Kier molecular flexibility index (Phi) is 4.69. The van der Waals surface area contributed by atoms with Gasteiger partial charge in [-0.3, -0.25) is 4.99 Å². The third-order valence-electron chi connectivity index (χ3n) is 1.80. The highest BCUT2D eigenvalue weighted by atomic mass is 32.2. The maximum atomic E-state index is 5.79. The molecule has 1 aromatic rings. The van der Waals surface area contributed by atoms with Crippen molar-refractivity contribution >= 4 is 17.6 Å². The largest absolute Gasteiger partial charge is 0.387 e. The summed E-state index contributed by atoms with van der Waals surface area (Å²) < 4.78 is 0. The number of amidine groups is 1. The molecule has 0 fully saturated rings. The van der Waals surface area contributed by atoms with Crippen LogP contribution in [0, 0.1) is 6.92 Å². The summed E-state index contributed by atoms with van der Waals surface area (Å²) in [5, 5.41) is 0. The van der Waals surface area contributed by atoms with E-state index in [1.54, 1.807) is 11.8 Å². The molecule has 0 aliphatic carbocycles. The number of nitrogens with zero attached hydrogens (tertiary/aromatic N) is 1. The molecular weight excluding hydrogens is 204 g/mol. The second-order valence-corrected chi connectivity index (χ2v) is 4.87. The molecule has 1 aromatic carbocycles. The fraction of sp³-hybridized carbons (Fsp3) is 0.417. The first-order chi connectivity index (χ1) is 7.08. The fourth-order valence-electron chi connectivity index (χ4n) is 1.23. The van der Waals surface area contributed by atoms with Gasteiger partial charge in [0.15, 0.2) is 0 Å². The van der Waals surface area contributed by atoms with E-state index < -0.39 is 0 Å². The molecule has 0 radical (unpaired) electrons. The van der Waals surface area contributed by atoms with E-state index in [9.17, 15) is 0 Å². The summed E-state index contributed by atoms with van der Waals surface area (Å²) in [5.74, 6) is 1.48. The van der Waals surface area contributed by atoms with Crippen molar-refractivity contribution in [1.29, 1.82) is 0 Å². The molecule has 0 bridgehead atoms. The molecule has 3 heteroatoms. The highest BCUT2D eigenvalue weighted by Crippen LogP contribution is 2.18. The van der Waals surface area contributed by atoms with Crippen LogP contribution in [0.15, 0.2) is 34.2 Å². The zero-order valence-corrected chi connectivity index (χ0v) is 10.3. The van der Waals surface area contributed by atoms with Gasteiger partial charge in [0.25, 0.3) is 0 Å². The number of hydrogen-bond acceptors (Lipinski definition) is 2. The minimum atomic E-state index is 0.281. The lowest BCUT2D eigenvalue weighted by Crippen LogP contribution is -2.16. The zero-order valence-electron chi connectivity index (χ0n) is 9.53. The van der Waals surface area contributed by atoms with Crippen molar-refractivity contribution in [3.63, 3.8) is 0 Å². The van der Waals surface area contributed by atoms with E-state index in [0.717, 1.165) is 11.6 Å². The molecule has 2 N–H and O–H groups in total. The Morgan fingerprint density at radius 3 is 2.80 bits per heavy atom. The maximum Gasteiger partial charge on any atom is 0.104 e. The number of thioether (sulfide) groups is 1. The molecule has 0 atom stereocenters. The first-order valence-electron chi connectivity index (χ1n) is 5.09. The minimum Gasteiger partial charge on any atom is -0.387 e. The topological polar surface area (TPSA) is 38.4 Å². The van der Waals surface area contributed by atoms with Crippen LogP contribution in [0.1, 0.15) is 19.4 Å². The van der Waals surface area contributed by atoms with E-state index >= 15 is 0 Å². The summed E-state index contributed by atoms with van der Waals surface area (Å²) in [6.07, 6.45) is 0. The normalized spacial score (nSPS) is 12.1. The molecule has 2 nitrogen and oxygen atoms in total. The molecule has 0 amide bonds. The molecule has 0 saturated heterocycles. The van der Waals surface area contributed by atoms with Crippen LogP contribution >= 0.6 is 11.8 Å². The van der Waals surface area contributed by atoms with Gasteiger partial charge >= 0.3 is 0 Å². The van der Waals surface area contributed by atoms with Crippen LogP contribution in [0.3, 0.4) is 0 Å². The van der Waals surface area contributed by atoms with Gasteiger partial charge in [-0.2, -0.15) is 0 Å². The molecular formula is C12H18N2S. The number of benzene rings is 1. The number of aliphatic imine (C=N–C) groups is 1. The Morgan fingerprint density at radius 1 is 1.47 bits per heavy atom. The summed E-state index contributed by atoms with van der Waals surface area (Å²) in [6, 6.07) is 8.69. The summed E-state index contributed by atoms with van der Waals surface area (Å²) in [6.45, 7) is 6.16. The van der Waals surface area contributed by atoms with Crippen LogP contribution in [0.4, 0.5) is 0 Å². The molecule has 0 unspecified atom stereocenters. The van der Waals surface area contributed by atoms with Crippen molar-refractivity contribution in [1.82, 2.24) is 0 Å². The molecule has 0 aliphatic heterocycles. The third-order valence-corrected chi connectivity index (χ3v) is 2.83. The monoisotopic (exact) mass is 222 g/mol. The Balaban J connectivity index is 2.50. The molecule has 1 rings (SSSR count). The van der Waals surface area contributed by atoms with Gasteiger partial charge < -0.3 is 5.73 Å². The average Bonchev–Trinajstić information content (AvgIpc) is 2.14. The van der Waals surface area contributed by atoms with Crippen molar-refractivity contribution in [2.45, 2.75) is 31.7 Å². The number of nitrogens with two attached hydrogens (primary N) is 1. The second-order valence-electron chi connectivity index (χ2n) is 3.82. The smallest absolute Gasteiger partial charge is 0.104 e. The standard InChI is InChI=1S/C12H18N2S/c1-9(2)14-12(13)8-15-11-6-4-5-10(3)7-11/h4-7,9H,8H2,1-3H3,(H2,13,14). The minimum absolute atomic E-state index is 0.281. The fourth-order valence-corrected chi connectivity index (χ4v) is 2.06. The van der Waals surface area contributed by atoms with Gasteiger partial charge in [-0.05, 0) is 32.9 Å². The molecule has 0 aromatic heterocycles. The highest BCUT2D eigenvalue weighted by molar-refractivity contribution is 8.00. The number of aryl methyl sites for hydroxylation is 1.